The predicted molar refractivity (Wildman–Crippen MR) is 65.1 cm³/mol. The Hall–Kier alpha value is -2.79. The highest BCUT2D eigenvalue weighted by molar-refractivity contribution is 6.00. The van der Waals surface area contributed by atoms with E-state index in [4.69, 9.17) is 5.53 Å². The van der Waals surface area contributed by atoms with E-state index in [0.29, 0.717) is 5.56 Å². The maximum atomic E-state index is 11.4. The van der Waals surface area contributed by atoms with Gasteiger partial charge in [-0.1, -0.05) is 12.1 Å². The molecule has 18 heavy (non-hydrogen) atoms. The first-order chi connectivity index (χ1) is 8.58. The van der Waals surface area contributed by atoms with Crippen molar-refractivity contribution in [1.82, 2.24) is 0 Å². The molecule has 1 aromatic rings. The standard InChI is InChI=1S/C11H8N4O3/c1-7(16)2-3-8-4-5-10(14-18)9(6-8)11(17)13-15-12/h2-6H,1H3/b3-2+. The van der Waals surface area contributed by atoms with E-state index in [0.717, 1.165) is 0 Å². The summed E-state index contributed by atoms with van der Waals surface area (Å²) in [6.45, 7) is 1.38. The van der Waals surface area contributed by atoms with Gasteiger partial charge >= 0.3 is 0 Å². The minimum atomic E-state index is -0.898. The summed E-state index contributed by atoms with van der Waals surface area (Å²) in [7, 11) is 0. The Morgan fingerprint density at radius 1 is 1.39 bits per heavy atom. The molecular formula is C11H8N4O3. The van der Waals surface area contributed by atoms with Crippen LogP contribution in [0.15, 0.2) is 34.6 Å². The van der Waals surface area contributed by atoms with Crippen LogP contribution in [0.2, 0.25) is 0 Å². The van der Waals surface area contributed by atoms with Crippen molar-refractivity contribution in [2.75, 3.05) is 0 Å². The first kappa shape index (κ1) is 13.3. The van der Waals surface area contributed by atoms with Crippen LogP contribution in [0.25, 0.3) is 16.5 Å². The van der Waals surface area contributed by atoms with Gasteiger partial charge in [-0.2, -0.15) is 0 Å². The Balaban J connectivity index is 3.25. The molecule has 1 amide bonds. The van der Waals surface area contributed by atoms with Crippen LogP contribution >= 0.6 is 0 Å². The lowest BCUT2D eigenvalue weighted by atomic mass is 10.1. The zero-order valence-electron chi connectivity index (χ0n) is 9.40. The molecule has 7 nitrogen and oxygen atoms in total. The van der Waals surface area contributed by atoms with Gasteiger partial charge in [0.15, 0.2) is 5.78 Å². The number of carbonyl (C=O) groups is 2. The molecule has 0 heterocycles. The minimum absolute atomic E-state index is 0.103. The van der Waals surface area contributed by atoms with Crippen molar-refractivity contribution in [2.45, 2.75) is 6.92 Å². The third-order valence-corrected chi connectivity index (χ3v) is 2.00. The molecule has 0 saturated heterocycles. The molecule has 0 aliphatic rings. The van der Waals surface area contributed by atoms with Gasteiger partial charge in [0.05, 0.1) is 5.56 Å². The van der Waals surface area contributed by atoms with Gasteiger partial charge in [0.25, 0.3) is 5.91 Å². The molecule has 0 radical (unpaired) electrons. The van der Waals surface area contributed by atoms with Crippen LogP contribution in [0.4, 0.5) is 5.69 Å². The van der Waals surface area contributed by atoms with Crippen LogP contribution in [0.3, 0.4) is 0 Å². The summed E-state index contributed by atoms with van der Waals surface area (Å²) in [5.41, 5.74) is 8.48. The Morgan fingerprint density at radius 2 is 2.11 bits per heavy atom. The summed E-state index contributed by atoms with van der Waals surface area (Å²) in [6.07, 6.45) is 2.79. The number of hydrogen-bond acceptors (Lipinski definition) is 4. The molecule has 0 unspecified atom stereocenters. The zero-order valence-corrected chi connectivity index (χ0v) is 9.40. The molecule has 0 aliphatic heterocycles. The van der Waals surface area contributed by atoms with E-state index in [9.17, 15) is 14.5 Å². The highest BCUT2D eigenvalue weighted by Gasteiger charge is 2.10. The monoisotopic (exact) mass is 244 g/mol. The molecule has 0 aromatic heterocycles. The van der Waals surface area contributed by atoms with E-state index < -0.39 is 5.91 Å². The van der Waals surface area contributed by atoms with Gasteiger partial charge in [-0.3, -0.25) is 9.59 Å². The van der Waals surface area contributed by atoms with Crippen molar-refractivity contribution in [1.29, 1.82) is 0 Å². The summed E-state index contributed by atoms with van der Waals surface area (Å²) in [5, 5.41) is 5.56. The molecule has 1 rings (SSSR count). The third-order valence-electron chi connectivity index (χ3n) is 2.00. The Bertz CT molecular complexity index is 586. The number of nitroso groups, excluding NO2 is 1. The van der Waals surface area contributed by atoms with Crippen LogP contribution < -0.4 is 0 Å². The van der Waals surface area contributed by atoms with Gasteiger partial charge in [-0.05, 0) is 46.5 Å². The van der Waals surface area contributed by atoms with Crippen LogP contribution in [0.5, 0.6) is 0 Å². The fourth-order valence-corrected chi connectivity index (χ4v) is 1.22. The first-order valence-electron chi connectivity index (χ1n) is 4.84. The van der Waals surface area contributed by atoms with E-state index in [1.54, 1.807) is 0 Å². The molecule has 1 aromatic carbocycles. The summed E-state index contributed by atoms with van der Waals surface area (Å²) in [6, 6.07) is 4.16. The normalized spacial score (nSPS) is 9.83. The minimum Gasteiger partial charge on any atom is -0.295 e. The number of allylic oxidation sites excluding steroid dienone is 1. The van der Waals surface area contributed by atoms with E-state index in [-0.39, 0.29) is 17.0 Å². The quantitative estimate of drug-likeness (QED) is 0.266. The highest BCUT2D eigenvalue weighted by atomic mass is 16.3. The molecule has 0 fully saturated rings. The van der Waals surface area contributed by atoms with Crippen LogP contribution in [-0.4, -0.2) is 11.7 Å². The predicted octanol–water partition coefficient (Wildman–Crippen LogP) is 3.14. The molecule has 0 aliphatic carbocycles. The molecule has 7 heteroatoms. The fraction of sp³-hybridized carbons (Fsp3) is 0.0909. The molecule has 0 bridgehead atoms. The lowest BCUT2D eigenvalue weighted by Crippen LogP contribution is -1.94. The maximum absolute atomic E-state index is 11.4. The van der Waals surface area contributed by atoms with Crippen LogP contribution in [-0.2, 0) is 4.79 Å². The zero-order chi connectivity index (χ0) is 13.5. The summed E-state index contributed by atoms with van der Waals surface area (Å²) < 4.78 is 0. The molecular weight excluding hydrogens is 236 g/mol. The van der Waals surface area contributed by atoms with Crippen molar-refractivity contribution >= 4 is 23.5 Å². The van der Waals surface area contributed by atoms with Gasteiger partial charge in [0.2, 0.25) is 0 Å². The second-order valence-corrected chi connectivity index (χ2v) is 3.31. The van der Waals surface area contributed by atoms with Gasteiger partial charge in [0.1, 0.15) is 5.69 Å². The molecule has 0 N–H and O–H groups in total. The number of amides is 1. The van der Waals surface area contributed by atoms with Crippen molar-refractivity contribution in [3.05, 3.63) is 50.8 Å². The van der Waals surface area contributed by atoms with Crippen LogP contribution in [0.1, 0.15) is 22.8 Å². The van der Waals surface area contributed by atoms with E-state index in [1.807, 2.05) is 0 Å². The molecule has 0 saturated carbocycles. The molecule has 0 atom stereocenters. The highest BCUT2D eigenvalue weighted by Crippen LogP contribution is 2.22. The third kappa shape index (κ3) is 3.36. The summed E-state index contributed by atoms with van der Waals surface area (Å²) in [5.74, 6) is -1.05. The van der Waals surface area contributed by atoms with E-state index in [2.05, 4.69) is 15.2 Å². The SMILES string of the molecule is CC(=O)/C=C/c1ccc(N=O)c(C(=O)N=[N+]=[N-])c1. The van der Waals surface area contributed by atoms with Gasteiger partial charge < -0.3 is 0 Å². The summed E-state index contributed by atoms with van der Waals surface area (Å²) >= 11 is 0. The number of azide groups is 1. The van der Waals surface area contributed by atoms with Gasteiger partial charge in [0, 0.05) is 4.91 Å². The van der Waals surface area contributed by atoms with Gasteiger partial charge in [-0.15, -0.1) is 4.91 Å². The smallest absolute Gasteiger partial charge is 0.251 e. The second kappa shape index (κ2) is 6.07. The second-order valence-electron chi connectivity index (χ2n) is 3.31. The lowest BCUT2D eigenvalue weighted by molar-refractivity contribution is -0.112. The van der Waals surface area contributed by atoms with E-state index in [1.165, 1.54) is 37.3 Å². The number of rotatable bonds is 4. The van der Waals surface area contributed by atoms with Crippen LogP contribution in [0, 0.1) is 4.91 Å². The number of nitrogens with zero attached hydrogens (tertiary/aromatic N) is 4. The largest absolute Gasteiger partial charge is 0.295 e. The summed E-state index contributed by atoms with van der Waals surface area (Å²) in [4.78, 5) is 35.0. The number of carbonyl (C=O) groups excluding carboxylic acids is 2. The lowest BCUT2D eigenvalue weighted by Gasteiger charge is -2.00. The average Bonchev–Trinajstić information content (AvgIpc) is 2.36. The van der Waals surface area contributed by atoms with Crippen molar-refractivity contribution < 1.29 is 9.59 Å². The average molecular weight is 244 g/mol. The number of benzene rings is 1. The van der Waals surface area contributed by atoms with Gasteiger partial charge in [-0.25, -0.2) is 0 Å². The fourth-order valence-electron chi connectivity index (χ4n) is 1.22. The molecule has 0 spiro atoms. The van der Waals surface area contributed by atoms with Crippen molar-refractivity contribution in [3.63, 3.8) is 0 Å². The molecule has 90 valence electrons. The Morgan fingerprint density at radius 3 is 2.67 bits per heavy atom. The van der Waals surface area contributed by atoms with Crippen molar-refractivity contribution in [2.24, 2.45) is 10.3 Å². The number of hydrogen-bond donors (Lipinski definition) is 0. The van der Waals surface area contributed by atoms with E-state index >= 15 is 0 Å². The maximum Gasteiger partial charge on any atom is 0.251 e. The topological polar surface area (TPSA) is 112 Å². The van der Waals surface area contributed by atoms with Crippen molar-refractivity contribution in [3.8, 4) is 0 Å². The number of ketones is 1. The Kier molecular flexibility index (Phi) is 4.48. The Labute approximate surface area is 102 Å². The first-order valence-corrected chi connectivity index (χ1v) is 4.84.